The van der Waals surface area contributed by atoms with E-state index < -0.39 is 0 Å². The molecule has 0 spiro atoms. The summed E-state index contributed by atoms with van der Waals surface area (Å²) in [7, 11) is 1.81. The van der Waals surface area contributed by atoms with Gasteiger partial charge in [-0.05, 0) is 13.8 Å². The summed E-state index contributed by atoms with van der Waals surface area (Å²) in [6.45, 7) is 4.90. The molecule has 1 aromatic rings. The highest BCUT2D eigenvalue weighted by molar-refractivity contribution is 6.02. The predicted octanol–water partition coefficient (Wildman–Crippen LogP) is -0.591. The molecule has 2 atom stereocenters. The van der Waals surface area contributed by atoms with E-state index >= 15 is 0 Å². The van der Waals surface area contributed by atoms with Crippen LogP contribution in [0.25, 0.3) is 0 Å². The molecule has 4 N–H and O–H groups in total. The number of amidine groups is 1. The number of anilines is 1. The molecular weight excluding hydrogens is 262 g/mol. The van der Waals surface area contributed by atoms with Gasteiger partial charge in [-0.1, -0.05) is 5.16 Å². The second kappa shape index (κ2) is 5.68. The first kappa shape index (κ1) is 14.6. The summed E-state index contributed by atoms with van der Waals surface area (Å²) >= 11 is 0. The quantitative estimate of drug-likeness (QED) is 0.296. The highest BCUT2D eigenvalue weighted by Gasteiger charge is 2.30. The minimum absolute atomic E-state index is 0.0174. The molecule has 0 bridgehead atoms. The fourth-order valence-electron chi connectivity index (χ4n) is 2.68. The number of morpholine rings is 1. The minimum Gasteiger partial charge on any atom is -0.409 e. The fraction of sp³-hybridized carbons (Fsp3) is 0.667. The van der Waals surface area contributed by atoms with Crippen LogP contribution in [-0.2, 0) is 11.8 Å². The summed E-state index contributed by atoms with van der Waals surface area (Å²) in [6, 6.07) is 0. The van der Waals surface area contributed by atoms with Gasteiger partial charge in [0.05, 0.1) is 30.1 Å². The summed E-state index contributed by atoms with van der Waals surface area (Å²) in [5.41, 5.74) is 7.06. The minimum atomic E-state index is -0.255. The number of nitrogens with zero attached hydrogens (tertiary/aromatic N) is 4. The second-order valence-electron chi connectivity index (χ2n) is 5.05. The Kier molecular flexibility index (Phi) is 4.15. The lowest BCUT2D eigenvalue weighted by atomic mass is 10.1. The van der Waals surface area contributed by atoms with Gasteiger partial charge in [0.25, 0.3) is 0 Å². The third-order valence-corrected chi connectivity index (χ3v) is 3.39. The Morgan fingerprint density at radius 3 is 2.85 bits per heavy atom. The normalized spacial score (nSPS) is 24.2. The first-order valence-electron chi connectivity index (χ1n) is 6.50. The maximum atomic E-state index is 9.31. The van der Waals surface area contributed by atoms with Crippen molar-refractivity contribution in [3.05, 3.63) is 11.3 Å². The van der Waals surface area contributed by atoms with Crippen LogP contribution in [0.4, 0.5) is 5.82 Å². The summed E-state index contributed by atoms with van der Waals surface area (Å²) in [5.74, 6) is 0.802. The summed E-state index contributed by atoms with van der Waals surface area (Å²) < 4.78 is 7.33. The van der Waals surface area contributed by atoms with Gasteiger partial charge in [-0.2, -0.15) is 5.10 Å². The lowest BCUT2D eigenvalue weighted by Gasteiger charge is -2.37. The van der Waals surface area contributed by atoms with E-state index in [0.29, 0.717) is 24.3 Å². The Labute approximate surface area is 117 Å². The van der Waals surface area contributed by atoms with Gasteiger partial charge in [0.1, 0.15) is 5.82 Å². The van der Waals surface area contributed by atoms with Crippen LogP contribution in [-0.4, -0.2) is 57.8 Å². The maximum absolute atomic E-state index is 9.31. The average molecular weight is 283 g/mol. The van der Waals surface area contributed by atoms with E-state index in [9.17, 15) is 5.11 Å². The molecule has 1 aromatic heterocycles. The van der Waals surface area contributed by atoms with Gasteiger partial charge < -0.3 is 25.7 Å². The summed E-state index contributed by atoms with van der Waals surface area (Å²) in [6.07, 6.45) is -0.273. The van der Waals surface area contributed by atoms with Crippen LogP contribution >= 0.6 is 0 Å². The lowest BCUT2D eigenvalue weighted by molar-refractivity contribution is -0.0424. The third-order valence-electron chi connectivity index (χ3n) is 3.39. The molecule has 0 aromatic carbocycles. The highest BCUT2D eigenvalue weighted by atomic mass is 16.5. The molecular formula is C12H21N5O3. The van der Waals surface area contributed by atoms with E-state index in [1.54, 1.807) is 4.68 Å². The number of aromatic nitrogens is 2. The molecule has 1 fully saturated rings. The number of hydrogen-bond donors (Lipinski definition) is 3. The first-order chi connectivity index (χ1) is 9.47. The molecule has 8 nitrogen and oxygen atoms in total. The van der Waals surface area contributed by atoms with Gasteiger partial charge in [0.2, 0.25) is 0 Å². The lowest BCUT2D eigenvalue weighted by Crippen LogP contribution is -2.49. The van der Waals surface area contributed by atoms with Crippen LogP contribution < -0.4 is 10.6 Å². The van der Waals surface area contributed by atoms with Crippen LogP contribution in [0.15, 0.2) is 5.16 Å². The molecule has 20 heavy (non-hydrogen) atoms. The van der Waals surface area contributed by atoms with Crippen LogP contribution in [0.3, 0.4) is 0 Å². The smallest absolute Gasteiger partial charge is 0.175 e. The van der Waals surface area contributed by atoms with Gasteiger partial charge in [-0.15, -0.1) is 0 Å². The molecule has 1 aliphatic heterocycles. The molecule has 2 rings (SSSR count). The van der Waals surface area contributed by atoms with E-state index in [0.717, 1.165) is 5.82 Å². The summed E-state index contributed by atoms with van der Waals surface area (Å²) in [4.78, 5) is 2.04. The van der Waals surface area contributed by atoms with E-state index in [-0.39, 0.29) is 24.7 Å². The molecule has 0 amide bonds. The Hall–Kier alpha value is -1.80. The molecule has 0 radical (unpaired) electrons. The van der Waals surface area contributed by atoms with E-state index in [2.05, 4.69) is 10.3 Å². The van der Waals surface area contributed by atoms with Crippen LogP contribution in [0.1, 0.15) is 18.2 Å². The predicted molar refractivity (Wildman–Crippen MR) is 74.1 cm³/mol. The maximum Gasteiger partial charge on any atom is 0.175 e. The van der Waals surface area contributed by atoms with Crippen molar-refractivity contribution < 1.29 is 15.1 Å². The van der Waals surface area contributed by atoms with Crippen molar-refractivity contribution in [3.8, 4) is 0 Å². The Balaban J connectivity index is 2.41. The van der Waals surface area contributed by atoms with Crippen molar-refractivity contribution in [2.24, 2.45) is 17.9 Å². The number of rotatable bonds is 3. The zero-order valence-electron chi connectivity index (χ0n) is 11.9. The Morgan fingerprint density at radius 1 is 1.55 bits per heavy atom. The molecule has 8 heteroatoms. The number of nitrogens with two attached hydrogens (primary N) is 1. The molecule has 2 unspecified atom stereocenters. The van der Waals surface area contributed by atoms with Crippen LogP contribution in [0.2, 0.25) is 0 Å². The summed E-state index contributed by atoms with van der Waals surface area (Å²) in [5, 5.41) is 25.7. The van der Waals surface area contributed by atoms with E-state index in [1.807, 2.05) is 25.8 Å². The van der Waals surface area contributed by atoms with Crippen molar-refractivity contribution >= 4 is 11.7 Å². The number of aliphatic hydroxyl groups excluding tert-OH is 1. The molecule has 1 saturated heterocycles. The van der Waals surface area contributed by atoms with Gasteiger partial charge >= 0.3 is 0 Å². The van der Waals surface area contributed by atoms with Gasteiger partial charge in [-0.25, -0.2) is 0 Å². The highest BCUT2D eigenvalue weighted by Crippen LogP contribution is 2.26. The molecule has 112 valence electrons. The van der Waals surface area contributed by atoms with Crippen molar-refractivity contribution in [3.63, 3.8) is 0 Å². The van der Waals surface area contributed by atoms with Crippen LogP contribution in [0, 0.1) is 6.92 Å². The molecule has 1 aliphatic rings. The second-order valence-corrected chi connectivity index (χ2v) is 5.05. The number of oxime groups is 1. The molecule has 0 aliphatic carbocycles. The largest absolute Gasteiger partial charge is 0.409 e. The fourth-order valence-corrected chi connectivity index (χ4v) is 2.68. The van der Waals surface area contributed by atoms with E-state index in [1.165, 1.54) is 0 Å². The topological polar surface area (TPSA) is 109 Å². The number of hydrogen-bond acceptors (Lipinski definition) is 6. The van der Waals surface area contributed by atoms with Crippen molar-refractivity contribution in [2.45, 2.75) is 26.1 Å². The number of aryl methyl sites for hydroxylation is 2. The molecule has 0 saturated carbocycles. The van der Waals surface area contributed by atoms with Crippen LogP contribution in [0.5, 0.6) is 0 Å². The standard InChI is InChI=1S/C12H21N5O3/c1-7-4-17(5-9(6-18)20-7)12-10(11(13)15-19)8(2)14-16(12)3/h7,9,18-19H,4-6H2,1-3H3,(H2,13,15). The number of aliphatic hydroxyl groups is 1. The van der Waals surface area contributed by atoms with Gasteiger partial charge in [0.15, 0.2) is 5.84 Å². The number of ether oxygens (including phenoxy) is 1. The van der Waals surface area contributed by atoms with Gasteiger partial charge in [0, 0.05) is 20.1 Å². The average Bonchev–Trinajstić information content (AvgIpc) is 2.71. The van der Waals surface area contributed by atoms with Crippen molar-refractivity contribution in [2.75, 3.05) is 24.6 Å². The SMILES string of the molecule is Cc1nn(C)c(N2CC(C)OC(CO)C2)c1C(N)=NO. The first-order valence-corrected chi connectivity index (χ1v) is 6.50. The molecule has 2 heterocycles. The third kappa shape index (κ3) is 2.56. The van der Waals surface area contributed by atoms with E-state index in [4.69, 9.17) is 15.7 Å². The Morgan fingerprint density at radius 2 is 2.25 bits per heavy atom. The monoisotopic (exact) mass is 283 g/mol. The van der Waals surface area contributed by atoms with Crippen molar-refractivity contribution in [1.82, 2.24) is 9.78 Å². The van der Waals surface area contributed by atoms with Crippen molar-refractivity contribution in [1.29, 1.82) is 0 Å². The Bertz CT molecular complexity index is 513. The van der Waals surface area contributed by atoms with Gasteiger partial charge in [-0.3, -0.25) is 4.68 Å². The zero-order valence-corrected chi connectivity index (χ0v) is 11.9. The zero-order chi connectivity index (χ0) is 14.9.